The Labute approximate surface area is 155 Å². The van der Waals surface area contributed by atoms with Crippen LogP contribution in [0, 0.1) is 0 Å². The molecule has 0 aliphatic heterocycles. The van der Waals surface area contributed by atoms with Crippen LogP contribution in [0.5, 0.6) is 5.75 Å². The summed E-state index contributed by atoms with van der Waals surface area (Å²) in [6.07, 6.45) is -0.000601. The Morgan fingerprint density at radius 3 is 2.67 bits per heavy atom. The van der Waals surface area contributed by atoms with Gasteiger partial charge in [-0.25, -0.2) is 4.79 Å². The minimum absolute atomic E-state index is 0.000601. The number of hydrogen-bond donors (Lipinski definition) is 0. The fourth-order valence-electron chi connectivity index (χ4n) is 2.30. The van der Waals surface area contributed by atoms with E-state index >= 15 is 0 Å². The first-order valence-electron chi connectivity index (χ1n) is 7.79. The maximum Gasteiger partial charge on any atom is 0.360 e. The average molecular weight is 416 g/mol. The third-order valence-corrected chi connectivity index (χ3v) is 4.08. The second-order valence-electron chi connectivity index (χ2n) is 5.35. The summed E-state index contributed by atoms with van der Waals surface area (Å²) in [6.45, 7) is 8.41. The van der Waals surface area contributed by atoms with Crippen molar-refractivity contribution in [2.75, 3.05) is 6.61 Å². The van der Waals surface area contributed by atoms with Crippen molar-refractivity contribution in [3.05, 3.63) is 33.4 Å². The lowest BCUT2D eigenvalue weighted by molar-refractivity contribution is 0.0518. The lowest BCUT2D eigenvalue weighted by Gasteiger charge is -2.15. The number of aromatic nitrogens is 2. The molecule has 0 unspecified atom stereocenters. The number of nitrogens with zero attached hydrogens (tertiary/aromatic N) is 2. The molecule has 0 saturated carbocycles. The summed E-state index contributed by atoms with van der Waals surface area (Å²) in [5, 5.41) is 4.58. The van der Waals surface area contributed by atoms with E-state index in [9.17, 15) is 4.79 Å². The summed E-state index contributed by atoms with van der Waals surface area (Å²) in [4.78, 5) is 12.1. The molecule has 0 spiro atoms. The van der Waals surface area contributed by atoms with Gasteiger partial charge in [0.1, 0.15) is 10.8 Å². The second-order valence-corrected chi connectivity index (χ2v) is 6.65. The number of aryl methyl sites for hydroxylation is 1. The van der Waals surface area contributed by atoms with Crippen LogP contribution in [0.2, 0.25) is 5.02 Å². The zero-order chi connectivity index (χ0) is 17.9. The largest absolute Gasteiger partial charge is 0.490 e. The quantitative estimate of drug-likeness (QED) is 0.626. The molecule has 5 nitrogen and oxygen atoms in total. The van der Waals surface area contributed by atoms with Gasteiger partial charge < -0.3 is 9.47 Å². The van der Waals surface area contributed by atoms with Crippen LogP contribution >= 0.6 is 27.5 Å². The number of esters is 1. The Balaban J connectivity index is 2.62. The van der Waals surface area contributed by atoms with Gasteiger partial charge in [0.2, 0.25) is 0 Å². The number of rotatable bonds is 6. The molecule has 2 rings (SSSR count). The highest BCUT2D eigenvalue weighted by molar-refractivity contribution is 9.10. The summed E-state index contributed by atoms with van der Waals surface area (Å²) >= 11 is 9.92. The lowest BCUT2D eigenvalue weighted by Crippen LogP contribution is -2.08. The predicted octanol–water partition coefficient (Wildman–Crippen LogP) is 4.95. The van der Waals surface area contributed by atoms with Crippen LogP contribution in [0.4, 0.5) is 0 Å². The van der Waals surface area contributed by atoms with E-state index in [4.69, 9.17) is 21.1 Å². The third kappa shape index (κ3) is 3.92. The summed E-state index contributed by atoms with van der Waals surface area (Å²) in [5.41, 5.74) is 1.54. The molecule has 1 aromatic heterocycles. The van der Waals surface area contributed by atoms with Crippen molar-refractivity contribution in [3.63, 3.8) is 0 Å². The first-order chi connectivity index (χ1) is 11.4. The van der Waals surface area contributed by atoms with E-state index in [0.29, 0.717) is 18.0 Å². The molecule has 0 bridgehead atoms. The normalized spacial score (nSPS) is 11.0. The van der Waals surface area contributed by atoms with Crippen LogP contribution in [0.3, 0.4) is 0 Å². The molecule has 0 aliphatic rings. The molecule has 2 aromatic rings. The fraction of sp³-hybridized carbons (Fsp3) is 0.412. The molecule has 7 heteroatoms. The SMILES string of the molecule is CCOC(=O)c1nn(CC)c(-c2ccc(Br)cc2OC(C)C)c1Cl. The molecule has 0 N–H and O–H groups in total. The molecule has 130 valence electrons. The van der Waals surface area contributed by atoms with Gasteiger partial charge >= 0.3 is 5.97 Å². The Bertz CT molecular complexity index is 744. The summed E-state index contributed by atoms with van der Waals surface area (Å²) in [7, 11) is 0. The maximum absolute atomic E-state index is 12.1. The minimum Gasteiger partial charge on any atom is -0.490 e. The van der Waals surface area contributed by atoms with E-state index in [1.165, 1.54) is 0 Å². The number of carbonyl (C=O) groups excluding carboxylic acids is 1. The van der Waals surface area contributed by atoms with Crippen molar-refractivity contribution in [1.82, 2.24) is 9.78 Å². The molecular formula is C17H20BrClN2O3. The van der Waals surface area contributed by atoms with Gasteiger partial charge in [-0.05, 0) is 45.9 Å². The van der Waals surface area contributed by atoms with Gasteiger partial charge in [-0.15, -0.1) is 0 Å². The van der Waals surface area contributed by atoms with Crippen LogP contribution < -0.4 is 4.74 Å². The van der Waals surface area contributed by atoms with Crippen molar-refractivity contribution < 1.29 is 14.3 Å². The van der Waals surface area contributed by atoms with Crippen LogP contribution in [-0.2, 0) is 11.3 Å². The second kappa shape index (κ2) is 8.03. The molecule has 1 heterocycles. The van der Waals surface area contributed by atoms with Gasteiger partial charge in [-0.3, -0.25) is 4.68 Å². The van der Waals surface area contributed by atoms with Gasteiger partial charge in [-0.1, -0.05) is 27.5 Å². The van der Waals surface area contributed by atoms with Crippen LogP contribution in [-0.4, -0.2) is 28.5 Å². The Hall–Kier alpha value is -1.53. The highest BCUT2D eigenvalue weighted by atomic mass is 79.9. The van der Waals surface area contributed by atoms with Crippen LogP contribution in [0.1, 0.15) is 38.2 Å². The van der Waals surface area contributed by atoms with Crippen LogP contribution in [0.25, 0.3) is 11.3 Å². The van der Waals surface area contributed by atoms with Crippen LogP contribution in [0.15, 0.2) is 22.7 Å². The predicted molar refractivity (Wildman–Crippen MR) is 97.8 cm³/mol. The maximum atomic E-state index is 12.1. The van der Waals surface area contributed by atoms with E-state index in [1.54, 1.807) is 11.6 Å². The monoisotopic (exact) mass is 414 g/mol. The van der Waals surface area contributed by atoms with Gasteiger partial charge in [0.25, 0.3) is 0 Å². The smallest absolute Gasteiger partial charge is 0.360 e. The first kappa shape index (κ1) is 18.8. The van der Waals surface area contributed by atoms with E-state index in [2.05, 4.69) is 21.0 Å². The van der Waals surface area contributed by atoms with Crippen molar-refractivity contribution in [3.8, 4) is 17.0 Å². The van der Waals surface area contributed by atoms with Crippen molar-refractivity contribution in [1.29, 1.82) is 0 Å². The van der Waals surface area contributed by atoms with Crippen molar-refractivity contribution in [2.24, 2.45) is 0 Å². The molecule has 0 atom stereocenters. The van der Waals surface area contributed by atoms with Gasteiger partial charge in [0.05, 0.1) is 18.4 Å². The first-order valence-corrected chi connectivity index (χ1v) is 8.96. The summed E-state index contributed by atoms with van der Waals surface area (Å²) in [5.74, 6) is 0.144. The average Bonchev–Trinajstić information content (AvgIpc) is 2.84. The number of ether oxygens (including phenoxy) is 2. The number of benzene rings is 1. The highest BCUT2D eigenvalue weighted by Crippen LogP contribution is 2.38. The van der Waals surface area contributed by atoms with Gasteiger partial charge in [0, 0.05) is 16.6 Å². The minimum atomic E-state index is -0.528. The molecule has 0 aliphatic carbocycles. The van der Waals surface area contributed by atoms with Crippen molar-refractivity contribution in [2.45, 2.75) is 40.3 Å². The summed E-state index contributed by atoms with van der Waals surface area (Å²) in [6, 6.07) is 5.67. The van der Waals surface area contributed by atoms with Gasteiger partial charge in [0.15, 0.2) is 5.69 Å². The molecule has 1 aromatic carbocycles. The van der Waals surface area contributed by atoms with E-state index in [1.807, 2.05) is 39.0 Å². The molecular weight excluding hydrogens is 396 g/mol. The Morgan fingerprint density at radius 2 is 2.08 bits per heavy atom. The Morgan fingerprint density at radius 1 is 1.38 bits per heavy atom. The molecule has 0 amide bonds. The Kier molecular flexibility index (Phi) is 6.29. The van der Waals surface area contributed by atoms with Crippen molar-refractivity contribution >= 4 is 33.5 Å². The summed E-state index contributed by atoms with van der Waals surface area (Å²) < 4.78 is 13.5. The number of halogens is 2. The molecule has 0 fully saturated rings. The standard InChI is InChI=1S/C17H20BrClN2O3/c1-5-21-16(14(19)15(20-21)17(22)23-6-2)12-8-7-11(18)9-13(12)24-10(3)4/h7-10H,5-6H2,1-4H3. The fourth-order valence-corrected chi connectivity index (χ4v) is 2.95. The molecule has 0 saturated heterocycles. The number of hydrogen-bond acceptors (Lipinski definition) is 4. The lowest BCUT2D eigenvalue weighted by atomic mass is 10.1. The zero-order valence-electron chi connectivity index (χ0n) is 14.1. The molecule has 0 radical (unpaired) electrons. The number of carbonyl (C=O) groups is 1. The van der Waals surface area contributed by atoms with Gasteiger partial charge in [-0.2, -0.15) is 5.10 Å². The third-order valence-electron chi connectivity index (χ3n) is 3.22. The molecule has 24 heavy (non-hydrogen) atoms. The van der Waals surface area contributed by atoms with E-state index in [0.717, 1.165) is 10.0 Å². The zero-order valence-corrected chi connectivity index (χ0v) is 16.4. The highest BCUT2D eigenvalue weighted by Gasteiger charge is 2.25. The topological polar surface area (TPSA) is 53.3 Å². The van der Waals surface area contributed by atoms with E-state index < -0.39 is 5.97 Å². The van der Waals surface area contributed by atoms with E-state index in [-0.39, 0.29) is 23.4 Å².